The molecule has 0 aliphatic heterocycles. The molecule has 1 saturated carbocycles. The minimum Gasteiger partial charge on any atom is -0.284 e. The number of aryl methyl sites for hydroxylation is 1. The van der Waals surface area contributed by atoms with Crippen LogP contribution in [0, 0.1) is 11.7 Å². The van der Waals surface area contributed by atoms with E-state index in [1.165, 1.54) is 50.3 Å². The highest BCUT2D eigenvalue weighted by Gasteiger charge is 2.39. The lowest BCUT2D eigenvalue weighted by atomic mass is 9.85. The van der Waals surface area contributed by atoms with Crippen LogP contribution in [0.2, 0.25) is 0 Å². The summed E-state index contributed by atoms with van der Waals surface area (Å²) in [5.41, 5.74) is 1.63. The van der Waals surface area contributed by atoms with E-state index >= 15 is 0 Å². The Kier molecular flexibility index (Phi) is 6.53. The van der Waals surface area contributed by atoms with E-state index in [4.69, 9.17) is 0 Å². The summed E-state index contributed by atoms with van der Waals surface area (Å²) in [4.78, 5) is 11.3. The molecule has 150 valence electrons. The Morgan fingerprint density at radius 1 is 0.929 bits per heavy atom. The topological polar surface area (TPSA) is 17.1 Å². The number of carbonyl (C=O) groups excluding carboxylic acids is 1. The van der Waals surface area contributed by atoms with Gasteiger partial charge >= 0.3 is 6.18 Å². The van der Waals surface area contributed by atoms with Gasteiger partial charge in [0.05, 0.1) is 0 Å². The van der Waals surface area contributed by atoms with E-state index in [2.05, 4.69) is 0 Å². The Balaban J connectivity index is 1.67. The quantitative estimate of drug-likeness (QED) is 0.377. The number of hydrogen-bond acceptors (Lipinski definition) is 1. The Hall–Kier alpha value is -2.17. The maximum atomic E-state index is 14.2. The van der Waals surface area contributed by atoms with Gasteiger partial charge in [-0.2, -0.15) is 13.2 Å². The van der Waals surface area contributed by atoms with E-state index in [0.717, 1.165) is 36.5 Å². The number of alkyl halides is 3. The van der Waals surface area contributed by atoms with Gasteiger partial charge in [-0.3, -0.25) is 4.79 Å². The van der Waals surface area contributed by atoms with Crippen LogP contribution in [0.3, 0.4) is 0 Å². The first-order valence-corrected chi connectivity index (χ1v) is 9.85. The lowest BCUT2D eigenvalue weighted by Crippen LogP contribution is -2.22. The van der Waals surface area contributed by atoms with Crippen molar-refractivity contribution in [2.75, 3.05) is 0 Å². The second-order valence-corrected chi connectivity index (χ2v) is 7.61. The molecule has 0 radical (unpaired) electrons. The van der Waals surface area contributed by atoms with Crippen LogP contribution in [0.4, 0.5) is 17.6 Å². The fourth-order valence-electron chi connectivity index (χ4n) is 3.98. The van der Waals surface area contributed by atoms with Gasteiger partial charge in [0.15, 0.2) is 0 Å². The molecule has 5 heteroatoms. The van der Waals surface area contributed by atoms with Gasteiger partial charge in [-0.25, -0.2) is 4.39 Å². The minimum atomic E-state index is -4.89. The Bertz CT molecular complexity index is 802. The second kappa shape index (κ2) is 8.89. The summed E-state index contributed by atoms with van der Waals surface area (Å²) in [5, 5.41) is 0. The Labute approximate surface area is 162 Å². The van der Waals surface area contributed by atoms with Gasteiger partial charge in [-0.15, -0.1) is 0 Å². The zero-order valence-electron chi connectivity index (χ0n) is 15.7. The second-order valence-electron chi connectivity index (χ2n) is 7.61. The van der Waals surface area contributed by atoms with Gasteiger partial charge in [0.1, 0.15) is 5.82 Å². The van der Waals surface area contributed by atoms with Crippen LogP contribution < -0.4 is 0 Å². The molecule has 2 aromatic rings. The molecule has 0 N–H and O–H groups in total. The number of rotatable bonds is 6. The largest absolute Gasteiger partial charge is 0.454 e. The normalized spacial score (nSPS) is 15.6. The van der Waals surface area contributed by atoms with Gasteiger partial charge in [0.25, 0.3) is 5.78 Å². The smallest absolute Gasteiger partial charge is 0.284 e. The highest BCUT2D eigenvalue weighted by Crippen LogP contribution is 2.29. The molecule has 0 heterocycles. The molecule has 0 aromatic heterocycles. The van der Waals surface area contributed by atoms with E-state index in [1.807, 2.05) is 0 Å². The van der Waals surface area contributed by atoms with Crippen molar-refractivity contribution in [1.82, 2.24) is 0 Å². The number of Topliss-reactive ketones (excluding diaryl/α,β-unsaturated/α-hetero) is 1. The molecule has 28 heavy (non-hydrogen) atoms. The number of benzene rings is 2. The van der Waals surface area contributed by atoms with Gasteiger partial charge in [-0.1, -0.05) is 68.9 Å². The molecule has 0 atom stereocenters. The summed E-state index contributed by atoms with van der Waals surface area (Å²) in [5.74, 6) is -1.36. The van der Waals surface area contributed by atoms with Gasteiger partial charge < -0.3 is 0 Å². The third-order valence-corrected chi connectivity index (χ3v) is 5.57. The lowest BCUT2D eigenvalue weighted by molar-refractivity contribution is -0.0885. The predicted octanol–water partition coefficient (Wildman–Crippen LogP) is 7.14. The third kappa shape index (κ3) is 5.21. The molecule has 2 aromatic carbocycles. The summed E-state index contributed by atoms with van der Waals surface area (Å²) >= 11 is 0. The van der Waals surface area contributed by atoms with Crippen molar-refractivity contribution in [3.63, 3.8) is 0 Å². The first kappa shape index (κ1) is 20.6. The molecule has 0 bridgehead atoms. The maximum Gasteiger partial charge on any atom is 0.454 e. The number of halogens is 4. The van der Waals surface area contributed by atoms with Crippen LogP contribution in [0.5, 0.6) is 0 Å². The molecule has 1 fully saturated rings. The van der Waals surface area contributed by atoms with Crippen LogP contribution in [-0.4, -0.2) is 12.0 Å². The molecule has 0 spiro atoms. The van der Waals surface area contributed by atoms with Crippen molar-refractivity contribution in [3.05, 3.63) is 59.4 Å². The summed E-state index contributed by atoms with van der Waals surface area (Å²) in [6.45, 7) is 0. The van der Waals surface area contributed by atoms with E-state index in [9.17, 15) is 22.4 Å². The van der Waals surface area contributed by atoms with Crippen LogP contribution >= 0.6 is 0 Å². The third-order valence-electron chi connectivity index (χ3n) is 5.57. The predicted molar refractivity (Wildman–Crippen MR) is 102 cm³/mol. The molecule has 1 aliphatic carbocycles. The number of hydrogen-bond donors (Lipinski definition) is 0. The molecule has 1 nitrogen and oxygen atoms in total. The van der Waals surface area contributed by atoms with Gasteiger partial charge in [-0.05, 0) is 47.6 Å². The average molecular weight is 392 g/mol. The fourth-order valence-corrected chi connectivity index (χ4v) is 3.98. The van der Waals surface area contributed by atoms with Crippen LogP contribution in [0.15, 0.2) is 42.5 Å². The zero-order valence-corrected chi connectivity index (χ0v) is 15.7. The van der Waals surface area contributed by atoms with Crippen LogP contribution in [-0.2, 0) is 6.42 Å². The van der Waals surface area contributed by atoms with Gasteiger partial charge in [0, 0.05) is 5.56 Å². The molecule has 0 amide bonds. The van der Waals surface area contributed by atoms with Crippen molar-refractivity contribution in [2.24, 2.45) is 5.92 Å². The van der Waals surface area contributed by atoms with Crippen molar-refractivity contribution in [1.29, 1.82) is 0 Å². The standard InChI is InChI=1S/C23H24F4O/c24-21-14-13-19(15-20(21)8-4-7-16-5-2-1-3-6-16)17-9-11-18(12-10-17)22(28)23(25,26)27/h9-16H,1-8H2. The monoisotopic (exact) mass is 392 g/mol. The summed E-state index contributed by atoms with van der Waals surface area (Å²) in [7, 11) is 0. The minimum absolute atomic E-state index is 0.253. The maximum absolute atomic E-state index is 14.2. The fraction of sp³-hybridized carbons (Fsp3) is 0.435. The highest BCUT2D eigenvalue weighted by atomic mass is 19.4. The number of ketones is 1. The van der Waals surface area contributed by atoms with Crippen LogP contribution in [0.1, 0.15) is 60.9 Å². The lowest BCUT2D eigenvalue weighted by Gasteiger charge is -2.21. The van der Waals surface area contributed by atoms with E-state index < -0.39 is 17.5 Å². The zero-order chi connectivity index (χ0) is 20.1. The summed E-state index contributed by atoms with van der Waals surface area (Å²) < 4.78 is 51.7. The molecule has 0 unspecified atom stereocenters. The molecule has 3 rings (SSSR count). The Morgan fingerprint density at radius 2 is 1.57 bits per heavy atom. The van der Waals surface area contributed by atoms with Crippen molar-refractivity contribution in [2.45, 2.75) is 57.5 Å². The molecular formula is C23H24F4O. The number of carbonyl (C=O) groups is 1. The van der Waals surface area contributed by atoms with E-state index in [0.29, 0.717) is 17.5 Å². The van der Waals surface area contributed by atoms with E-state index in [1.54, 1.807) is 12.1 Å². The SMILES string of the molecule is O=C(c1ccc(-c2ccc(F)c(CCCC3CCCCC3)c2)cc1)C(F)(F)F. The summed E-state index contributed by atoms with van der Waals surface area (Å²) in [6.07, 6.45) is 4.26. The van der Waals surface area contributed by atoms with Crippen molar-refractivity contribution < 1.29 is 22.4 Å². The summed E-state index contributed by atoms with van der Waals surface area (Å²) in [6, 6.07) is 10.0. The van der Waals surface area contributed by atoms with Crippen LogP contribution in [0.25, 0.3) is 11.1 Å². The molecule has 0 saturated heterocycles. The van der Waals surface area contributed by atoms with E-state index in [-0.39, 0.29) is 5.82 Å². The van der Waals surface area contributed by atoms with Gasteiger partial charge in [0.2, 0.25) is 0 Å². The highest BCUT2D eigenvalue weighted by molar-refractivity contribution is 6.00. The molecular weight excluding hydrogens is 368 g/mol. The Morgan fingerprint density at radius 3 is 2.21 bits per heavy atom. The average Bonchev–Trinajstić information content (AvgIpc) is 2.69. The first-order valence-electron chi connectivity index (χ1n) is 9.85. The van der Waals surface area contributed by atoms with Crippen molar-refractivity contribution >= 4 is 5.78 Å². The van der Waals surface area contributed by atoms with Crippen molar-refractivity contribution in [3.8, 4) is 11.1 Å². The molecule has 1 aliphatic rings. The first-order chi connectivity index (χ1) is 13.3.